The molecule has 5 aliphatic heterocycles. The summed E-state index contributed by atoms with van der Waals surface area (Å²) in [5.41, 5.74) is -3.11. The van der Waals surface area contributed by atoms with Crippen molar-refractivity contribution >= 4 is 5.97 Å². The van der Waals surface area contributed by atoms with E-state index in [4.69, 9.17) is 28.4 Å². The summed E-state index contributed by atoms with van der Waals surface area (Å²) >= 11 is 0. The summed E-state index contributed by atoms with van der Waals surface area (Å²) in [6, 6.07) is -0.812. The molecule has 5 aliphatic rings. The summed E-state index contributed by atoms with van der Waals surface area (Å²) in [6.07, 6.45) is -6.55. The van der Waals surface area contributed by atoms with E-state index in [9.17, 15) is 20.1 Å². The third-order valence-corrected chi connectivity index (χ3v) is 6.49. The van der Waals surface area contributed by atoms with Crippen molar-refractivity contribution < 1.29 is 48.5 Å². The monoisotopic (exact) mass is 403 g/mol. The van der Waals surface area contributed by atoms with Crippen LogP contribution in [0.2, 0.25) is 0 Å². The maximum atomic E-state index is 12.2. The highest BCUT2D eigenvalue weighted by molar-refractivity contribution is 5.77. The lowest BCUT2D eigenvalue weighted by Crippen LogP contribution is -2.68. The van der Waals surface area contributed by atoms with Crippen molar-refractivity contribution in [3.63, 3.8) is 0 Å². The fourth-order valence-electron chi connectivity index (χ4n) is 5.21. The zero-order valence-electron chi connectivity index (χ0n) is 15.5. The van der Waals surface area contributed by atoms with E-state index in [0.717, 1.165) is 0 Å². The van der Waals surface area contributed by atoms with Gasteiger partial charge in [0.05, 0.1) is 33.0 Å². The average molecular weight is 403 g/mol. The standard InChI is InChI=1S/C17H25NO10/c1-6-9(14(21)23-2)18-17(28-6)13-11(8(20)4-25-13)27-15(17)16(22)5-26-10-7(19)3-24-12(10)16/h6-13,15,18-20,22H,3-5H2,1-2H3/t6-,7-,8-,9+,10-,11-,12+,13+,15-,16-,17-/m1/s1. The number of hydrogen-bond donors (Lipinski definition) is 4. The Labute approximate surface area is 160 Å². The zero-order chi connectivity index (χ0) is 19.8. The quantitative estimate of drug-likeness (QED) is 0.343. The molecule has 0 unspecified atom stereocenters. The predicted octanol–water partition coefficient (Wildman–Crippen LogP) is -3.35. The van der Waals surface area contributed by atoms with E-state index in [1.54, 1.807) is 6.92 Å². The Hall–Kier alpha value is -0.890. The fraction of sp³-hybridized carbons (Fsp3) is 0.941. The van der Waals surface area contributed by atoms with Crippen LogP contribution in [0.4, 0.5) is 0 Å². The lowest BCUT2D eigenvalue weighted by molar-refractivity contribution is -0.222. The number of carbonyl (C=O) groups excluding carboxylic acids is 1. The predicted molar refractivity (Wildman–Crippen MR) is 87.1 cm³/mol. The summed E-state index contributed by atoms with van der Waals surface area (Å²) in [5, 5.41) is 35.0. The lowest BCUT2D eigenvalue weighted by atomic mass is 9.83. The molecule has 4 N–H and O–H groups in total. The molecule has 1 spiro atoms. The number of fused-ring (bicyclic) bond motifs is 3. The van der Waals surface area contributed by atoms with Crippen molar-refractivity contribution in [3.8, 4) is 0 Å². The molecule has 0 aromatic heterocycles. The van der Waals surface area contributed by atoms with E-state index in [2.05, 4.69) is 5.32 Å². The number of rotatable bonds is 2. The summed E-state index contributed by atoms with van der Waals surface area (Å²) in [7, 11) is 1.28. The maximum Gasteiger partial charge on any atom is 0.325 e. The molecule has 5 rings (SSSR count). The van der Waals surface area contributed by atoms with Gasteiger partial charge in [-0.25, -0.2) is 0 Å². The highest BCUT2D eigenvalue weighted by Crippen LogP contribution is 2.51. The average Bonchev–Trinajstić information content (AvgIpc) is 3.43. The van der Waals surface area contributed by atoms with Crippen molar-refractivity contribution in [1.82, 2.24) is 5.32 Å². The van der Waals surface area contributed by atoms with Crippen molar-refractivity contribution in [3.05, 3.63) is 0 Å². The normalized spacial score (nSPS) is 57.7. The fourth-order valence-corrected chi connectivity index (χ4v) is 5.21. The van der Waals surface area contributed by atoms with Crippen LogP contribution in [0.3, 0.4) is 0 Å². The Bertz CT molecular complexity index is 664. The number of aliphatic hydroxyl groups is 3. The number of methoxy groups -OCH3 is 1. The maximum absolute atomic E-state index is 12.2. The summed E-state index contributed by atoms with van der Waals surface area (Å²) in [6.45, 7) is 1.61. The van der Waals surface area contributed by atoms with Gasteiger partial charge in [0.1, 0.15) is 54.4 Å². The molecular formula is C17H25NO10. The Morgan fingerprint density at radius 2 is 1.79 bits per heavy atom. The van der Waals surface area contributed by atoms with Crippen LogP contribution in [-0.4, -0.2) is 114 Å². The van der Waals surface area contributed by atoms with E-state index in [0.29, 0.717) is 0 Å². The first-order valence-corrected chi connectivity index (χ1v) is 9.44. The molecule has 0 bridgehead atoms. The van der Waals surface area contributed by atoms with Gasteiger partial charge in [0.25, 0.3) is 0 Å². The Morgan fingerprint density at radius 3 is 2.50 bits per heavy atom. The number of carbonyl (C=O) groups is 1. The van der Waals surface area contributed by atoms with Crippen molar-refractivity contribution in [2.45, 2.75) is 73.1 Å². The van der Waals surface area contributed by atoms with E-state index < -0.39 is 72.2 Å². The van der Waals surface area contributed by atoms with Crippen LogP contribution in [0.1, 0.15) is 6.92 Å². The first-order valence-electron chi connectivity index (χ1n) is 9.44. The van der Waals surface area contributed by atoms with E-state index in [1.807, 2.05) is 0 Å². The highest BCUT2D eigenvalue weighted by atomic mass is 16.7. The molecule has 28 heavy (non-hydrogen) atoms. The molecule has 0 saturated carbocycles. The number of aliphatic hydroxyl groups excluding tert-OH is 2. The van der Waals surface area contributed by atoms with Gasteiger partial charge >= 0.3 is 5.97 Å². The molecule has 5 heterocycles. The molecule has 0 amide bonds. The van der Waals surface area contributed by atoms with Gasteiger partial charge in [-0.3, -0.25) is 10.1 Å². The first-order chi connectivity index (χ1) is 13.3. The van der Waals surface area contributed by atoms with E-state index in [1.165, 1.54) is 7.11 Å². The molecule has 0 aromatic rings. The molecular weight excluding hydrogens is 378 g/mol. The zero-order valence-corrected chi connectivity index (χ0v) is 15.5. The number of esters is 1. The topological polar surface area (TPSA) is 145 Å². The minimum atomic E-state index is -1.69. The van der Waals surface area contributed by atoms with Gasteiger partial charge < -0.3 is 43.7 Å². The SMILES string of the molecule is COC(=O)[C@H]1N[C@]2(O[C@@H]1C)[C@@H]([C@@]1(O)CO[C@@H]3[C@H](O)CO[C@@H]31)O[C@@H]1[C@H](O)CO[C@@H]12. The Balaban J connectivity index is 1.53. The molecule has 0 radical (unpaired) electrons. The van der Waals surface area contributed by atoms with Crippen molar-refractivity contribution in [2.75, 3.05) is 26.9 Å². The van der Waals surface area contributed by atoms with Crippen LogP contribution in [-0.2, 0) is 33.2 Å². The lowest BCUT2D eigenvalue weighted by Gasteiger charge is -2.41. The minimum absolute atomic E-state index is 0.0266. The second-order valence-corrected chi connectivity index (χ2v) is 8.15. The Morgan fingerprint density at radius 1 is 1.11 bits per heavy atom. The van der Waals surface area contributed by atoms with Gasteiger partial charge in [0, 0.05) is 0 Å². The summed E-state index contributed by atoms with van der Waals surface area (Å²) < 4.78 is 34.1. The van der Waals surface area contributed by atoms with Crippen LogP contribution in [0.25, 0.3) is 0 Å². The number of ether oxygens (including phenoxy) is 6. The number of hydrogen-bond acceptors (Lipinski definition) is 11. The summed E-state index contributed by atoms with van der Waals surface area (Å²) in [4.78, 5) is 12.2. The van der Waals surface area contributed by atoms with Gasteiger partial charge in [-0.05, 0) is 6.92 Å². The second kappa shape index (κ2) is 6.30. The first kappa shape index (κ1) is 19.1. The minimum Gasteiger partial charge on any atom is -0.468 e. The van der Waals surface area contributed by atoms with Gasteiger partial charge in [-0.2, -0.15) is 0 Å². The van der Waals surface area contributed by atoms with Crippen LogP contribution in [0.15, 0.2) is 0 Å². The summed E-state index contributed by atoms with van der Waals surface area (Å²) in [5.74, 6) is -0.523. The molecule has 11 nitrogen and oxygen atoms in total. The third kappa shape index (κ3) is 2.33. The van der Waals surface area contributed by atoms with Crippen molar-refractivity contribution in [2.24, 2.45) is 0 Å². The van der Waals surface area contributed by atoms with Crippen LogP contribution < -0.4 is 5.32 Å². The van der Waals surface area contributed by atoms with Gasteiger partial charge in [0.15, 0.2) is 5.72 Å². The van der Waals surface area contributed by atoms with E-state index in [-0.39, 0.29) is 19.8 Å². The molecule has 11 atom stereocenters. The van der Waals surface area contributed by atoms with Crippen molar-refractivity contribution in [1.29, 1.82) is 0 Å². The molecule has 11 heteroatoms. The molecule has 158 valence electrons. The molecule has 0 aromatic carbocycles. The van der Waals surface area contributed by atoms with Gasteiger partial charge in [-0.15, -0.1) is 0 Å². The molecule has 5 saturated heterocycles. The second-order valence-electron chi connectivity index (χ2n) is 8.15. The van der Waals surface area contributed by atoms with Gasteiger partial charge in [0.2, 0.25) is 0 Å². The van der Waals surface area contributed by atoms with Crippen LogP contribution in [0, 0.1) is 0 Å². The molecule has 0 aliphatic carbocycles. The Kier molecular flexibility index (Phi) is 4.30. The third-order valence-electron chi connectivity index (χ3n) is 6.49. The molecule has 5 fully saturated rings. The van der Waals surface area contributed by atoms with E-state index >= 15 is 0 Å². The highest BCUT2D eigenvalue weighted by Gasteiger charge is 2.75. The van der Waals surface area contributed by atoms with Gasteiger partial charge in [-0.1, -0.05) is 0 Å². The smallest absolute Gasteiger partial charge is 0.325 e. The largest absolute Gasteiger partial charge is 0.468 e. The van der Waals surface area contributed by atoms with Crippen LogP contribution >= 0.6 is 0 Å². The van der Waals surface area contributed by atoms with Crippen LogP contribution in [0.5, 0.6) is 0 Å². The number of nitrogens with one attached hydrogen (secondary N) is 1.